The Labute approximate surface area is 142 Å². The van der Waals surface area contributed by atoms with Crippen molar-refractivity contribution in [2.24, 2.45) is 0 Å². The molecule has 0 fully saturated rings. The molecule has 0 amide bonds. The predicted molar refractivity (Wildman–Crippen MR) is 93.9 cm³/mol. The lowest BCUT2D eigenvalue weighted by molar-refractivity contribution is 0.402. The molecule has 130 valence electrons. The summed E-state index contributed by atoms with van der Waals surface area (Å²) in [5.74, 6) is 1.02. The van der Waals surface area contributed by atoms with Crippen molar-refractivity contribution in [3.05, 3.63) is 35.9 Å². The number of ether oxygens (including phenoxy) is 1. The van der Waals surface area contributed by atoms with Crippen LogP contribution < -0.4 is 14.8 Å². The lowest BCUT2D eigenvalue weighted by atomic mass is 10.2. The first kappa shape index (κ1) is 18.0. The summed E-state index contributed by atoms with van der Waals surface area (Å²) in [5, 5.41) is 11.1. The van der Waals surface area contributed by atoms with Crippen LogP contribution in [-0.2, 0) is 10.0 Å². The highest BCUT2D eigenvalue weighted by molar-refractivity contribution is 7.92. The van der Waals surface area contributed by atoms with E-state index in [2.05, 4.69) is 27.2 Å². The Hall–Kier alpha value is -2.35. The summed E-state index contributed by atoms with van der Waals surface area (Å²) in [6, 6.07) is 8.47. The van der Waals surface area contributed by atoms with E-state index in [0.717, 1.165) is 12.0 Å². The first-order valence-corrected chi connectivity index (χ1v) is 9.11. The summed E-state index contributed by atoms with van der Waals surface area (Å²) >= 11 is 0. The first-order chi connectivity index (χ1) is 11.4. The predicted octanol–water partition coefficient (Wildman–Crippen LogP) is 2.80. The number of benzene rings is 1. The third kappa shape index (κ3) is 4.35. The van der Waals surface area contributed by atoms with Crippen LogP contribution in [0, 0.1) is 6.92 Å². The van der Waals surface area contributed by atoms with Gasteiger partial charge in [-0.05, 0) is 50.1 Å². The number of anilines is 2. The molecule has 0 radical (unpaired) electrons. The van der Waals surface area contributed by atoms with E-state index in [-0.39, 0.29) is 22.5 Å². The number of hydrogen-bond acceptors (Lipinski definition) is 6. The zero-order valence-corrected chi connectivity index (χ0v) is 15.0. The Morgan fingerprint density at radius 2 is 1.83 bits per heavy atom. The quantitative estimate of drug-likeness (QED) is 0.797. The fraction of sp³-hybridized carbons (Fsp3) is 0.375. The second kappa shape index (κ2) is 7.48. The highest BCUT2D eigenvalue weighted by atomic mass is 32.2. The summed E-state index contributed by atoms with van der Waals surface area (Å²) in [6.07, 6.45) is 0.948. The van der Waals surface area contributed by atoms with Crippen LogP contribution in [-0.4, -0.2) is 31.8 Å². The number of nitrogens with zero attached hydrogens (tertiary/aromatic N) is 2. The number of sulfonamides is 1. The third-order valence-corrected chi connectivity index (χ3v) is 4.89. The van der Waals surface area contributed by atoms with Crippen LogP contribution in [0.2, 0.25) is 0 Å². The Balaban J connectivity index is 2.22. The summed E-state index contributed by atoms with van der Waals surface area (Å²) < 4.78 is 32.7. The van der Waals surface area contributed by atoms with Gasteiger partial charge in [-0.25, -0.2) is 8.42 Å². The highest BCUT2D eigenvalue weighted by Crippen LogP contribution is 2.26. The van der Waals surface area contributed by atoms with E-state index in [4.69, 9.17) is 4.74 Å². The molecule has 0 saturated heterocycles. The van der Waals surface area contributed by atoms with Crippen LogP contribution in [0.3, 0.4) is 0 Å². The molecule has 0 aliphatic rings. The minimum Gasteiger partial charge on any atom is -0.495 e. The molecule has 0 aliphatic carbocycles. The number of nitrogens with one attached hydrogen (secondary N) is 2. The maximum absolute atomic E-state index is 12.6. The molecule has 2 aromatic rings. The van der Waals surface area contributed by atoms with Crippen molar-refractivity contribution in [1.82, 2.24) is 10.2 Å². The summed E-state index contributed by atoms with van der Waals surface area (Å²) in [7, 11) is -2.39. The largest absolute Gasteiger partial charge is 0.495 e. The molecular formula is C16H22N4O3S. The van der Waals surface area contributed by atoms with Gasteiger partial charge in [0.15, 0.2) is 5.82 Å². The Bertz CT molecular complexity index is 791. The molecule has 1 aromatic carbocycles. The standard InChI is InChI=1S/C16H22N4O3S/c1-5-12(3)17-15-8-9-16(19-18-15)20-24(21,22)14-10-11(2)6-7-13(14)23-4/h6-10,12H,5H2,1-4H3,(H,17,18)(H,19,20). The van der Waals surface area contributed by atoms with Crippen LogP contribution in [0.15, 0.2) is 35.2 Å². The molecule has 24 heavy (non-hydrogen) atoms. The van der Waals surface area contributed by atoms with Crippen LogP contribution in [0.1, 0.15) is 25.8 Å². The maximum Gasteiger partial charge on any atom is 0.266 e. The molecule has 8 heteroatoms. The number of aryl methyl sites for hydroxylation is 1. The second-order valence-corrected chi connectivity index (χ2v) is 7.17. The maximum atomic E-state index is 12.6. The van der Waals surface area contributed by atoms with E-state index in [0.29, 0.717) is 5.82 Å². The van der Waals surface area contributed by atoms with Gasteiger partial charge in [-0.3, -0.25) is 4.72 Å². The van der Waals surface area contributed by atoms with Gasteiger partial charge in [-0.1, -0.05) is 13.0 Å². The topological polar surface area (TPSA) is 93.2 Å². The molecule has 1 aromatic heterocycles. The molecule has 0 saturated carbocycles. The van der Waals surface area contributed by atoms with Crippen molar-refractivity contribution < 1.29 is 13.2 Å². The molecule has 0 aliphatic heterocycles. The second-order valence-electron chi connectivity index (χ2n) is 5.52. The summed E-state index contributed by atoms with van der Waals surface area (Å²) in [4.78, 5) is 0.0635. The van der Waals surface area contributed by atoms with E-state index in [1.807, 2.05) is 13.8 Å². The molecule has 7 nitrogen and oxygen atoms in total. The molecule has 0 spiro atoms. The van der Waals surface area contributed by atoms with E-state index in [1.54, 1.807) is 30.3 Å². The molecule has 1 atom stereocenters. The van der Waals surface area contributed by atoms with Gasteiger partial charge in [-0.2, -0.15) is 0 Å². The fourth-order valence-corrected chi connectivity index (χ4v) is 3.26. The Morgan fingerprint density at radius 1 is 1.17 bits per heavy atom. The molecule has 1 unspecified atom stereocenters. The number of rotatable bonds is 7. The number of methoxy groups -OCH3 is 1. The van der Waals surface area contributed by atoms with Gasteiger partial charge in [0, 0.05) is 6.04 Å². The van der Waals surface area contributed by atoms with E-state index < -0.39 is 10.0 Å². The minimum absolute atomic E-state index is 0.0635. The average Bonchev–Trinajstić information content (AvgIpc) is 2.56. The molecular weight excluding hydrogens is 328 g/mol. The van der Waals surface area contributed by atoms with Crippen molar-refractivity contribution in [2.45, 2.75) is 38.1 Å². The summed E-state index contributed by atoms with van der Waals surface area (Å²) in [6.45, 7) is 5.90. The van der Waals surface area contributed by atoms with Gasteiger partial charge in [0.2, 0.25) is 0 Å². The minimum atomic E-state index is -3.82. The molecule has 0 bridgehead atoms. The lowest BCUT2D eigenvalue weighted by Crippen LogP contribution is -2.17. The van der Waals surface area contributed by atoms with E-state index in [9.17, 15) is 8.42 Å². The van der Waals surface area contributed by atoms with Gasteiger partial charge < -0.3 is 10.1 Å². The highest BCUT2D eigenvalue weighted by Gasteiger charge is 2.20. The van der Waals surface area contributed by atoms with Gasteiger partial charge in [0.25, 0.3) is 10.0 Å². The molecule has 2 N–H and O–H groups in total. The van der Waals surface area contributed by atoms with Crippen molar-refractivity contribution in [3.63, 3.8) is 0 Å². The van der Waals surface area contributed by atoms with Crippen molar-refractivity contribution in [3.8, 4) is 5.75 Å². The normalized spacial score (nSPS) is 12.5. The molecule has 1 heterocycles. The smallest absolute Gasteiger partial charge is 0.266 e. The average molecular weight is 350 g/mol. The van der Waals surface area contributed by atoms with Crippen molar-refractivity contribution in [2.75, 3.05) is 17.1 Å². The fourth-order valence-electron chi connectivity index (χ4n) is 2.00. The van der Waals surface area contributed by atoms with Crippen molar-refractivity contribution >= 4 is 21.7 Å². The van der Waals surface area contributed by atoms with Gasteiger partial charge >= 0.3 is 0 Å². The Morgan fingerprint density at radius 3 is 2.42 bits per heavy atom. The zero-order chi connectivity index (χ0) is 17.7. The number of hydrogen-bond donors (Lipinski definition) is 2. The van der Waals surface area contributed by atoms with Gasteiger partial charge in [-0.15, -0.1) is 10.2 Å². The lowest BCUT2D eigenvalue weighted by Gasteiger charge is -2.13. The summed E-state index contributed by atoms with van der Waals surface area (Å²) in [5.41, 5.74) is 0.815. The van der Waals surface area contributed by atoms with Gasteiger partial charge in [0.05, 0.1) is 7.11 Å². The zero-order valence-electron chi connectivity index (χ0n) is 14.2. The van der Waals surface area contributed by atoms with Crippen LogP contribution in [0.25, 0.3) is 0 Å². The molecule has 2 rings (SSSR count). The monoisotopic (exact) mass is 350 g/mol. The van der Waals surface area contributed by atoms with E-state index in [1.165, 1.54) is 7.11 Å². The number of aromatic nitrogens is 2. The van der Waals surface area contributed by atoms with Crippen LogP contribution >= 0.6 is 0 Å². The first-order valence-electron chi connectivity index (χ1n) is 7.63. The van der Waals surface area contributed by atoms with E-state index >= 15 is 0 Å². The van der Waals surface area contributed by atoms with Crippen molar-refractivity contribution in [1.29, 1.82) is 0 Å². The van der Waals surface area contributed by atoms with Gasteiger partial charge in [0.1, 0.15) is 16.5 Å². The Kier molecular flexibility index (Phi) is 5.61. The van der Waals surface area contributed by atoms with Crippen LogP contribution in [0.4, 0.5) is 11.6 Å². The van der Waals surface area contributed by atoms with Crippen LogP contribution in [0.5, 0.6) is 5.75 Å². The third-order valence-electron chi connectivity index (χ3n) is 3.52. The SMILES string of the molecule is CCC(C)Nc1ccc(NS(=O)(=O)c2cc(C)ccc2OC)nn1.